The molecule has 2 aliphatic rings. The number of hydrogen-bond acceptors (Lipinski definition) is 7. The summed E-state index contributed by atoms with van der Waals surface area (Å²) in [6.45, 7) is 5.03. The van der Waals surface area contributed by atoms with Gasteiger partial charge >= 0.3 is 6.09 Å². The Morgan fingerprint density at radius 3 is 2.80 bits per heavy atom. The van der Waals surface area contributed by atoms with Crippen molar-refractivity contribution in [1.82, 2.24) is 30.1 Å². The van der Waals surface area contributed by atoms with Crippen molar-refractivity contribution in [3.63, 3.8) is 0 Å². The number of carbonyl (C=O) groups excluding carboxylic acids is 2. The third-order valence-corrected chi connectivity index (χ3v) is 6.24. The van der Waals surface area contributed by atoms with E-state index in [9.17, 15) is 9.59 Å². The maximum Gasteiger partial charge on any atom is 0.410 e. The standard InChI is InChI=1S/C25H29N7O3/c1-2-35-25(34)31-14-10-17(11-15-31)21-4-3-13-32-22(21)29-24(30-32)28-19-7-5-18(6-8-19)23(33)27-20-9-12-26-16-20/h3-8,10,13,20,26H,2,9,11-12,14-16H2,1H3,(H,27,33)(H,28,30). The van der Waals surface area contributed by atoms with Gasteiger partial charge in [-0.05, 0) is 68.3 Å². The minimum atomic E-state index is -0.283. The molecule has 1 aromatic carbocycles. The van der Waals surface area contributed by atoms with E-state index < -0.39 is 0 Å². The van der Waals surface area contributed by atoms with Gasteiger partial charge in [0.25, 0.3) is 5.91 Å². The van der Waals surface area contributed by atoms with Gasteiger partial charge in [-0.1, -0.05) is 6.08 Å². The van der Waals surface area contributed by atoms with Crippen LogP contribution in [0.1, 0.15) is 35.7 Å². The fraction of sp³-hybridized carbons (Fsp3) is 0.360. The van der Waals surface area contributed by atoms with Gasteiger partial charge in [0.2, 0.25) is 5.95 Å². The zero-order valence-electron chi connectivity index (χ0n) is 19.7. The van der Waals surface area contributed by atoms with Gasteiger partial charge < -0.3 is 25.6 Å². The van der Waals surface area contributed by atoms with E-state index in [2.05, 4.69) is 21.0 Å². The van der Waals surface area contributed by atoms with Crippen LogP contribution >= 0.6 is 0 Å². The number of anilines is 2. The van der Waals surface area contributed by atoms with E-state index >= 15 is 0 Å². The number of amides is 2. The molecule has 35 heavy (non-hydrogen) atoms. The molecule has 10 heteroatoms. The topological polar surface area (TPSA) is 113 Å². The van der Waals surface area contributed by atoms with Crippen LogP contribution in [0.4, 0.5) is 16.4 Å². The molecule has 1 fully saturated rings. The molecule has 0 aliphatic carbocycles. The first kappa shape index (κ1) is 22.9. The van der Waals surface area contributed by atoms with E-state index in [1.165, 1.54) is 0 Å². The van der Waals surface area contributed by atoms with Crippen molar-refractivity contribution in [2.24, 2.45) is 0 Å². The maximum atomic E-state index is 12.4. The van der Waals surface area contributed by atoms with E-state index in [0.29, 0.717) is 37.6 Å². The fourth-order valence-corrected chi connectivity index (χ4v) is 4.38. The van der Waals surface area contributed by atoms with E-state index in [4.69, 9.17) is 9.72 Å². The molecular formula is C25H29N7O3. The molecule has 3 aromatic rings. The van der Waals surface area contributed by atoms with Gasteiger partial charge in [0, 0.05) is 48.7 Å². The molecule has 5 rings (SSSR count). The SMILES string of the molecule is CCOC(=O)N1CC=C(c2cccn3nc(Nc4ccc(C(=O)NC5CCNC5)cc4)nc23)CC1. The fourth-order valence-electron chi connectivity index (χ4n) is 4.38. The molecular weight excluding hydrogens is 446 g/mol. The maximum absolute atomic E-state index is 12.4. The monoisotopic (exact) mass is 475 g/mol. The van der Waals surface area contributed by atoms with Gasteiger partial charge in [-0.2, -0.15) is 4.98 Å². The number of rotatable bonds is 6. The summed E-state index contributed by atoms with van der Waals surface area (Å²) in [7, 11) is 0. The lowest BCUT2D eigenvalue weighted by molar-refractivity contribution is 0.0939. The van der Waals surface area contributed by atoms with Crippen molar-refractivity contribution in [1.29, 1.82) is 0 Å². The molecule has 4 heterocycles. The van der Waals surface area contributed by atoms with Crippen molar-refractivity contribution < 1.29 is 14.3 Å². The number of fused-ring (bicyclic) bond motifs is 1. The van der Waals surface area contributed by atoms with Gasteiger partial charge in [-0.25, -0.2) is 9.31 Å². The summed E-state index contributed by atoms with van der Waals surface area (Å²) < 4.78 is 6.84. The number of aromatic nitrogens is 3. The zero-order chi connectivity index (χ0) is 24.2. The highest BCUT2D eigenvalue weighted by Crippen LogP contribution is 2.26. The Labute approximate surface area is 203 Å². The van der Waals surface area contributed by atoms with Gasteiger partial charge in [0.15, 0.2) is 5.65 Å². The normalized spacial score (nSPS) is 17.8. The molecule has 10 nitrogen and oxygen atoms in total. The summed E-state index contributed by atoms with van der Waals surface area (Å²) in [4.78, 5) is 30.8. The number of hydrogen-bond donors (Lipinski definition) is 3. The first-order valence-electron chi connectivity index (χ1n) is 12.0. The predicted octanol–water partition coefficient (Wildman–Crippen LogP) is 2.81. The highest BCUT2D eigenvalue weighted by atomic mass is 16.6. The Morgan fingerprint density at radius 2 is 2.09 bits per heavy atom. The Kier molecular flexibility index (Phi) is 6.62. The molecule has 0 saturated carbocycles. The van der Waals surface area contributed by atoms with Crippen molar-refractivity contribution in [3.8, 4) is 0 Å². The molecule has 0 spiro atoms. The smallest absolute Gasteiger partial charge is 0.410 e. The average Bonchev–Trinajstić information content (AvgIpc) is 3.54. The van der Waals surface area contributed by atoms with Crippen LogP contribution < -0.4 is 16.0 Å². The number of ether oxygens (including phenoxy) is 1. The highest BCUT2D eigenvalue weighted by molar-refractivity contribution is 5.94. The number of nitrogens with zero attached hydrogens (tertiary/aromatic N) is 4. The van der Waals surface area contributed by atoms with Gasteiger partial charge in [-0.15, -0.1) is 5.10 Å². The average molecular weight is 476 g/mol. The molecule has 1 atom stereocenters. The minimum Gasteiger partial charge on any atom is -0.450 e. The Morgan fingerprint density at radius 1 is 1.23 bits per heavy atom. The van der Waals surface area contributed by atoms with Crippen LogP contribution in [0.3, 0.4) is 0 Å². The lowest BCUT2D eigenvalue weighted by atomic mass is 10.0. The van der Waals surface area contributed by atoms with Crippen LogP contribution in [0.25, 0.3) is 11.2 Å². The van der Waals surface area contributed by atoms with Crippen LogP contribution in [-0.2, 0) is 4.74 Å². The second-order valence-electron chi connectivity index (χ2n) is 8.62. The Bertz CT molecular complexity index is 1250. The second-order valence-corrected chi connectivity index (χ2v) is 8.62. The summed E-state index contributed by atoms with van der Waals surface area (Å²) in [6, 6.07) is 11.4. The molecule has 3 N–H and O–H groups in total. The number of benzene rings is 1. The van der Waals surface area contributed by atoms with E-state index in [-0.39, 0.29) is 18.0 Å². The molecule has 2 aromatic heterocycles. The molecule has 1 unspecified atom stereocenters. The molecule has 0 bridgehead atoms. The summed E-state index contributed by atoms with van der Waals surface area (Å²) in [6.07, 6.45) is 5.29. The summed E-state index contributed by atoms with van der Waals surface area (Å²) >= 11 is 0. The van der Waals surface area contributed by atoms with Crippen LogP contribution in [0.5, 0.6) is 0 Å². The van der Waals surface area contributed by atoms with Crippen molar-refractivity contribution >= 4 is 34.9 Å². The van der Waals surface area contributed by atoms with Gasteiger partial charge in [0.1, 0.15) is 0 Å². The zero-order valence-corrected chi connectivity index (χ0v) is 19.7. The van der Waals surface area contributed by atoms with E-state index in [1.807, 2.05) is 36.5 Å². The van der Waals surface area contributed by atoms with Crippen LogP contribution in [0.15, 0.2) is 48.7 Å². The first-order valence-corrected chi connectivity index (χ1v) is 12.0. The number of pyridine rings is 1. The molecule has 1 saturated heterocycles. The highest BCUT2D eigenvalue weighted by Gasteiger charge is 2.21. The van der Waals surface area contributed by atoms with Crippen LogP contribution in [-0.4, -0.2) is 70.3 Å². The lowest BCUT2D eigenvalue weighted by Gasteiger charge is -2.25. The summed E-state index contributed by atoms with van der Waals surface area (Å²) in [5.74, 6) is 0.402. The summed E-state index contributed by atoms with van der Waals surface area (Å²) in [5.41, 5.74) is 4.28. The van der Waals surface area contributed by atoms with E-state index in [1.54, 1.807) is 28.5 Å². The Balaban J connectivity index is 1.28. The first-order chi connectivity index (χ1) is 17.1. The van der Waals surface area contributed by atoms with Crippen molar-refractivity contribution in [2.75, 3.05) is 38.1 Å². The van der Waals surface area contributed by atoms with Gasteiger partial charge in [0.05, 0.1) is 6.61 Å². The molecule has 2 aliphatic heterocycles. The minimum absolute atomic E-state index is 0.0666. The number of nitrogens with one attached hydrogen (secondary N) is 3. The van der Waals surface area contributed by atoms with Crippen LogP contribution in [0, 0.1) is 0 Å². The predicted molar refractivity (Wildman–Crippen MR) is 133 cm³/mol. The van der Waals surface area contributed by atoms with Crippen LogP contribution in [0.2, 0.25) is 0 Å². The van der Waals surface area contributed by atoms with Gasteiger partial charge in [-0.3, -0.25) is 4.79 Å². The Hall–Kier alpha value is -3.92. The second kappa shape index (κ2) is 10.1. The number of carbonyl (C=O) groups is 2. The molecule has 182 valence electrons. The quantitative estimate of drug-likeness (QED) is 0.502. The van der Waals surface area contributed by atoms with Crippen molar-refractivity contribution in [2.45, 2.75) is 25.8 Å². The summed E-state index contributed by atoms with van der Waals surface area (Å²) in [5, 5.41) is 14.1. The lowest BCUT2D eigenvalue weighted by Crippen LogP contribution is -2.36. The molecule has 0 radical (unpaired) electrons. The molecule has 2 amide bonds. The van der Waals surface area contributed by atoms with Crippen molar-refractivity contribution in [3.05, 3.63) is 59.8 Å². The largest absolute Gasteiger partial charge is 0.450 e. The van der Waals surface area contributed by atoms with E-state index in [0.717, 1.165) is 42.0 Å². The third-order valence-electron chi connectivity index (χ3n) is 6.24. The third kappa shape index (κ3) is 5.12.